The van der Waals surface area contributed by atoms with Gasteiger partial charge in [0.15, 0.2) is 5.84 Å². The number of tetrazole rings is 1. The molecule has 1 heterocycles. The van der Waals surface area contributed by atoms with Crippen LogP contribution in [0.5, 0.6) is 0 Å². The first-order valence-corrected chi connectivity index (χ1v) is 5.17. The summed E-state index contributed by atoms with van der Waals surface area (Å²) >= 11 is 0. The molecule has 94 valence electrons. The molecular formula is C10H13N7O. The van der Waals surface area contributed by atoms with Gasteiger partial charge in [0.2, 0.25) is 5.95 Å². The zero-order valence-corrected chi connectivity index (χ0v) is 10.0. The summed E-state index contributed by atoms with van der Waals surface area (Å²) in [6, 6.07) is 7.22. The van der Waals surface area contributed by atoms with Crippen molar-refractivity contribution in [1.82, 2.24) is 20.2 Å². The summed E-state index contributed by atoms with van der Waals surface area (Å²) in [6.45, 7) is 0. The van der Waals surface area contributed by atoms with Crippen LogP contribution >= 0.6 is 0 Å². The molecule has 0 radical (unpaired) electrons. The SMILES string of the molecule is CN(c1cccc(C(N)=NO)c1)c1nnnn1C. The molecule has 0 spiro atoms. The Morgan fingerprint density at radius 3 is 2.89 bits per heavy atom. The van der Waals surface area contributed by atoms with E-state index in [4.69, 9.17) is 10.9 Å². The minimum atomic E-state index is 0.0568. The van der Waals surface area contributed by atoms with Crippen molar-refractivity contribution >= 4 is 17.5 Å². The molecule has 2 aromatic rings. The maximum Gasteiger partial charge on any atom is 0.249 e. The van der Waals surface area contributed by atoms with Gasteiger partial charge in [-0.2, -0.15) is 0 Å². The molecule has 0 aliphatic carbocycles. The summed E-state index contributed by atoms with van der Waals surface area (Å²) in [5.41, 5.74) is 7.00. The maximum absolute atomic E-state index is 8.66. The third kappa shape index (κ3) is 2.08. The zero-order valence-electron chi connectivity index (χ0n) is 10.0. The highest BCUT2D eigenvalue weighted by atomic mass is 16.4. The van der Waals surface area contributed by atoms with Gasteiger partial charge in [-0.25, -0.2) is 4.68 Å². The first-order chi connectivity index (χ1) is 8.63. The predicted octanol–water partition coefficient (Wildman–Crippen LogP) is 0.0725. The number of hydrogen-bond donors (Lipinski definition) is 2. The average molecular weight is 247 g/mol. The predicted molar refractivity (Wildman–Crippen MR) is 65.8 cm³/mol. The topological polar surface area (TPSA) is 105 Å². The summed E-state index contributed by atoms with van der Waals surface area (Å²) in [6.07, 6.45) is 0. The summed E-state index contributed by atoms with van der Waals surface area (Å²) in [5.74, 6) is 0.646. The first-order valence-electron chi connectivity index (χ1n) is 5.17. The van der Waals surface area contributed by atoms with E-state index in [2.05, 4.69) is 20.7 Å². The lowest BCUT2D eigenvalue weighted by molar-refractivity contribution is 0.318. The van der Waals surface area contributed by atoms with Crippen LogP contribution in [0.15, 0.2) is 29.4 Å². The van der Waals surface area contributed by atoms with Crippen LogP contribution in [0.25, 0.3) is 0 Å². The lowest BCUT2D eigenvalue weighted by Crippen LogP contribution is -2.17. The molecule has 8 heteroatoms. The van der Waals surface area contributed by atoms with Crippen LogP contribution in [0, 0.1) is 0 Å². The molecule has 2 rings (SSSR count). The van der Waals surface area contributed by atoms with E-state index in [9.17, 15) is 0 Å². The third-order valence-corrected chi connectivity index (χ3v) is 2.53. The molecule has 0 saturated heterocycles. The minimum absolute atomic E-state index is 0.0568. The molecule has 0 fully saturated rings. The van der Waals surface area contributed by atoms with E-state index in [-0.39, 0.29) is 5.84 Å². The highest BCUT2D eigenvalue weighted by molar-refractivity contribution is 5.97. The van der Waals surface area contributed by atoms with Gasteiger partial charge >= 0.3 is 0 Å². The second kappa shape index (κ2) is 4.70. The van der Waals surface area contributed by atoms with Crippen LogP contribution < -0.4 is 10.6 Å². The third-order valence-electron chi connectivity index (χ3n) is 2.53. The number of nitrogens with two attached hydrogens (primary N) is 1. The normalized spacial score (nSPS) is 11.6. The van der Waals surface area contributed by atoms with Crippen LogP contribution in [-0.2, 0) is 7.05 Å². The fourth-order valence-electron chi connectivity index (χ4n) is 1.56. The molecule has 0 aliphatic rings. The molecule has 8 nitrogen and oxygen atoms in total. The van der Waals surface area contributed by atoms with E-state index in [0.29, 0.717) is 11.5 Å². The Morgan fingerprint density at radius 2 is 2.28 bits per heavy atom. The van der Waals surface area contributed by atoms with Gasteiger partial charge in [0.1, 0.15) is 0 Å². The number of oxime groups is 1. The fourth-order valence-corrected chi connectivity index (χ4v) is 1.56. The molecule has 0 bridgehead atoms. The standard InChI is InChI=1S/C10H13N7O/c1-16(10-12-14-15-17(10)2)8-5-3-4-7(6-8)9(11)13-18/h3-6,18H,1-2H3,(H2,11,13). The Bertz CT molecular complexity index is 577. The van der Waals surface area contributed by atoms with Crippen molar-refractivity contribution in [2.75, 3.05) is 11.9 Å². The Labute approximate surface area is 103 Å². The molecule has 0 unspecified atom stereocenters. The molecule has 0 amide bonds. The molecule has 0 aliphatic heterocycles. The largest absolute Gasteiger partial charge is 0.409 e. The van der Waals surface area contributed by atoms with Gasteiger partial charge in [0.25, 0.3) is 0 Å². The number of hydrogen-bond acceptors (Lipinski definition) is 6. The number of aryl methyl sites for hydroxylation is 1. The second-order valence-electron chi connectivity index (χ2n) is 3.70. The van der Waals surface area contributed by atoms with E-state index in [1.165, 1.54) is 0 Å². The Hall–Kier alpha value is -2.64. The molecule has 1 aromatic carbocycles. The van der Waals surface area contributed by atoms with Crippen molar-refractivity contribution in [3.8, 4) is 0 Å². The van der Waals surface area contributed by atoms with Gasteiger partial charge in [-0.3, -0.25) is 0 Å². The Morgan fingerprint density at radius 1 is 1.50 bits per heavy atom. The number of benzene rings is 1. The smallest absolute Gasteiger partial charge is 0.249 e. The van der Waals surface area contributed by atoms with Crippen molar-refractivity contribution in [1.29, 1.82) is 0 Å². The van der Waals surface area contributed by atoms with Gasteiger partial charge < -0.3 is 15.8 Å². The summed E-state index contributed by atoms with van der Waals surface area (Å²) in [7, 11) is 3.58. The van der Waals surface area contributed by atoms with Crippen molar-refractivity contribution in [3.05, 3.63) is 29.8 Å². The van der Waals surface area contributed by atoms with Crippen molar-refractivity contribution < 1.29 is 5.21 Å². The maximum atomic E-state index is 8.66. The number of nitrogens with zero attached hydrogens (tertiary/aromatic N) is 6. The number of rotatable bonds is 3. The Balaban J connectivity index is 2.37. The number of amidine groups is 1. The molecule has 0 atom stereocenters. The molecular weight excluding hydrogens is 234 g/mol. The lowest BCUT2D eigenvalue weighted by atomic mass is 10.2. The van der Waals surface area contributed by atoms with Gasteiger partial charge in [-0.1, -0.05) is 22.4 Å². The quantitative estimate of drug-likeness (QED) is 0.344. The van der Waals surface area contributed by atoms with E-state index >= 15 is 0 Å². The fraction of sp³-hybridized carbons (Fsp3) is 0.200. The van der Waals surface area contributed by atoms with E-state index in [1.807, 2.05) is 19.2 Å². The molecule has 18 heavy (non-hydrogen) atoms. The van der Waals surface area contributed by atoms with Crippen molar-refractivity contribution in [2.45, 2.75) is 0 Å². The highest BCUT2D eigenvalue weighted by Gasteiger charge is 2.11. The second-order valence-corrected chi connectivity index (χ2v) is 3.70. The van der Waals surface area contributed by atoms with Gasteiger partial charge in [0, 0.05) is 25.3 Å². The molecule has 0 saturated carbocycles. The van der Waals surface area contributed by atoms with Gasteiger partial charge in [0.05, 0.1) is 0 Å². The van der Waals surface area contributed by atoms with Crippen LogP contribution in [0.1, 0.15) is 5.56 Å². The van der Waals surface area contributed by atoms with Crippen molar-refractivity contribution in [2.24, 2.45) is 17.9 Å². The highest BCUT2D eigenvalue weighted by Crippen LogP contribution is 2.21. The summed E-state index contributed by atoms with van der Waals surface area (Å²) in [5, 5.41) is 22.9. The number of anilines is 2. The van der Waals surface area contributed by atoms with Gasteiger partial charge in [-0.15, -0.1) is 0 Å². The van der Waals surface area contributed by atoms with E-state index in [1.54, 1.807) is 28.8 Å². The average Bonchev–Trinajstić information content (AvgIpc) is 2.83. The minimum Gasteiger partial charge on any atom is -0.409 e. The van der Waals surface area contributed by atoms with E-state index in [0.717, 1.165) is 5.69 Å². The first kappa shape index (κ1) is 11.8. The monoisotopic (exact) mass is 247 g/mol. The molecule has 1 aromatic heterocycles. The van der Waals surface area contributed by atoms with E-state index < -0.39 is 0 Å². The summed E-state index contributed by atoms with van der Waals surface area (Å²) in [4.78, 5) is 1.80. The van der Waals surface area contributed by atoms with Crippen LogP contribution in [0.3, 0.4) is 0 Å². The van der Waals surface area contributed by atoms with Crippen molar-refractivity contribution in [3.63, 3.8) is 0 Å². The summed E-state index contributed by atoms with van der Waals surface area (Å²) < 4.78 is 1.55. The van der Waals surface area contributed by atoms with Crippen LogP contribution in [-0.4, -0.2) is 38.3 Å². The lowest BCUT2D eigenvalue weighted by Gasteiger charge is -2.17. The van der Waals surface area contributed by atoms with Gasteiger partial charge in [-0.05, 0) is 22.6 Å². The number of aromatic nitrogens is 4. The Kier molecular flexibility index (Phi) is 3.09. The van der Waals surface area contributed by atoms with Crippen LogP contribution in [0.4, 0.5) is 11.6 Å². The zero-order chi connectivity index (χ0) is 13.1. The molecule has 3 N–H and O–H groups in total. The van der Waals surface area contributed by atoms with Crippen LogP contribution in [0.2, 0.25) is 0 Å².